The van der Waals surface area contributed by atoms with E-state index < -0.39 is 18.7 Å². The molecule has 0 radical (unpaired) electrons. The second kappa shape index (κ2) is 6.90. The molecule has 0 aromatic heterocycles. The quantitative estimate of drug-likeness (QED) is 0.797. The van der Waals surface area contributed by atoms with Gasteiger partial charge in [0.15, 0.2) is 0 Å². The molecule has 0 heterocycles. The van der Waals surface area contributed by atoms with Crippen molar-refractivity contribution in [1.29, 1.82) is 0 Å². The van der Waals surface area contributed by atoms with Crippen molar-refractivity contribution in [3.8, 4) is 5.75 Å². The highest BCUT2D eigenvalue weighted by Gasteiger charge is 2.15. The lowest BCUT2D eigenvalue weighted by Crippen LogP contribution is -2.10. The molecule has 1 unspecified atom stereocenters. The number of esters is 1. The Hall–Kier alpha value is -1.69. The maximum Gasteiger partial charge on any atom is 0.387 e. The Balaban J connectivity index is 2.67. The summed E-state index contributed by atoms with van der Waals surface area (Å²) in [5, 5.41) is 9.73. The van der Waals surface area contributed by atoms with E-state index in [0.29, 0.717) is 5.56 Å². The zero-order valence-electron chi connectivity index (χ0n) is 9.81. The molecule has 18 heavy (non-hydrogen) atoms. The van der Waals surface area contributed by atoms with Gasteiger partial charge in [0.25, 0.3) is 0 Å². The van der Waals surface area contributed by atoms with Gasteiger partial charge in [-0.25, -0.2) is 0 Å². The number of carbonyl (C=O) groups excluding carboxylic acids is 1. The van der Waals surface area contributed by atoms with Gasteiger partial charge in [-0.05, 0) is 24.6 Å². The van der Waals surface area contributed by atoms with Crippen molar-refractivity contribution in [2.45, 2.75) is 26.1 Å². The first-order chi connectivity index (χ1) is 8.52. The summed E-state index contributed by atoms with van der Waals surface area (Å²) in [6, 6.07) is 5.58. The number of ether oxygens (including phenoxy) is 2. The molecule has 4 nitrogen and oxygen atoms in total. The van der Waals surface area contributed by atoms with Crippen molar-refractivity contribution >= 4 is 5.97 Å². The Bertz CT molecular complexity index is 395. The van der Waals surface area contributed by atoms with Gasteiger partial charge in [0.05, 0.1) is 19.1 Å². The van der Waals surface area contributed by atoms with Gasteiger partial charge in [-0.15, -0.1) is 0 Å². The van der Waals surface area contributed by atoms with Gasteiger partial charge in [0, 0.05) is 0 Å². The molecule has 0 aliphatic carbocycles. The average molecular weight is 260 g/mol. The summed E-state index contributed by atoms with van der Waals surface area (Å²) in [6.07, 6.45) is -1.34. The number of carbonyl (C=O) groups is 1. The normalized spacial score (nSPS) is 12.3. The summed E-state index contributed by atoms with van der Waals surface area (Å²) >= 11 is 0. The fourth-order valence-corrected chi connectivity index (χ4v) is 1.39. The molecule has 1 N–H and O–H groups in total. The average Bonchev–Trinajstić information content (AvgIpc) is 2.28. The summed E-state index contributed by atoms with van der Waals surface area (Å²) in [5.74, 6) is -0.615. The molecule has 0 spiro atoms. The van der Waals surface area contributed by atoms with Crippen LogP contribution in [0.1, 0.15) is 25.0 Å². The molecule has 0 bridgehead atoms. The van der Waals surface area contributed by atoms with Gasteiger partial charge in [-0.3, -0.25) is 4.79 Å². The van der Waals surface area contributed by atoms with E-state index in [-0.39, 0.29) is 18.8 Å². The number of halogens is 2. The minimum atomic E-state index is -2.93. The van der Waals surface area contributed by atoms with Crippen molar-refractivity contribution in [2.75, 3.05) is 6.61 Å². The zero-order valence-corrected chi connectivity index (χ0v) is 9.81. The molecule has 0 saturated heterocycles. The van der Waals surface area contributed by atoms with Crippen LogP contribution in [-0.2, 0) is 9.53 Å². The molecule has 0 saturated carbocycles. The van der Waals surface area contributed by atoms with Gasteiger partial charge in [0.2, 0.25) is 0 Å². The van der Waals surface area contributed by atoms with Gasteiger partial charge in [-0.1, -0.05) is 12.1 Å². The Morgan fingerprint density at radius 3 is 2.78 bits per heavy atom. The molecule has 0 aliphatic rings. The van der Waals surface area contributed by atoms with Gasteiger partial charge in [0.1, 0.15) is 5.75 Å². The Labute approximate surface area is 103 Å². The number of hydrogen-bond acceptors (Lipinski definition) is 4. The molecule has 1 aromatic rings. The van der Waals surface area contributed by atoms with E-state index in [2.05, 4.69) is 9.47 Å². The van der Waals surface area contributed by atoms with E-state index in [1.54, 1.807) is 6.92 Å². The second-order valence-corrected chi connectivity index (χ2v) is 3.48. The lowest BCUT2D eigenvalue weighted by Gasteiger charge is -2.12. The van der Waals surface area contributed by atoms with E-state index in [4.69, 9.17) is 0 Å². The summed E-state index contributed by atoms with van der Waals surface area (Å²) in [7, 11) is 0. The van der Waals surface area contributed by atoms with Crippen LogP contribution in [0.25, 0.3) is 0 Å². The summed E-state index contributed by atoms with van der Waals surface area (Å²) < 4.78 is 32.9. The molecule has 100 valence electrons. The predicted octanol–water partition coefficient (Wildman–Crippen LogP) is 2.27. The lowest BCUT2D eigenvalue weighted by atomic mass is 10.1. The predicted molar refractivity (Wildman–Crippen MR) is 59.3 cm³/mol. The zero-order chi connectivity index (χ0) is 13.5. The standard InChI is InChI=1S/C12H14F2O4/c1-2-17-11(16)7-10(15)8-4-3-5-9(6-8)18-12(13)14/h3-6,10,12,15H,2,7H2,1H3. The first-order valence-corrected chi connectivity index (χ1v) is 5.41. The maximum absolute atomic E-state index is 12.0. The van der Waals surface area contributed by atoms with Crippen molar-refractivity contribution in [3.05, 3.63) is 29.8 Å². The van der Waals surface area contributed by atoms with Crippen LogP contribution in [0.5, 0.6) is 5.75 Å². The smallest absolute Gasteiger partial charge is 0.387 e. The fraction of sp³-hybridized carbons (Fsp3) is 0.417. The van der Waals surface area contributed by atoms with Gasteiger partial charge < -0.3 is 14.6 Å². The number of rotatable bonds is 6. The van der Waals surface area contributed by atoms with E-state index in [9.17, 15) is 18.7 Å². The van der Waals surface area contributed by atoms with Crippen LogP contribution in [0.3, 0.4) is 0 Å². The van der Waals surface area contributed by atoms with Crippen LogP contribution < -0.4 is 4.74 Å². The van der Waals surface area contributed by atoms with E-state index in [1.807, 2.05) is 0 Å². The Kier molecular flexibility index (Phi) is 5.51. The SMILES string of the molecule is CCOC(=O)CC(O)c1cccc(OC(F)F)c1. The van der Waals surface area contributed by atoms with Crippen LogP contribution in [0.2, 0.25) is 0 Å². The molecule has 0 fully saturated rings. The van der Waals surface area contributed by atoms with Crippen molar-refractivity contribution in [1.82, 2.24) is 0 Å². The minimum absolute atomic E-state index is 0.0644. The molecular weight excluding hydrogens is 246 g/mol. The Morgan fingerprint density at radius 1 is 1.44 bits per heavy atom. The van der Waals surface area contributed by atoms with Crippen LogP contribution in [0.15, 0.2) is 24.3 Å². The lowest BCUT2D eigenvalue weighted by molar-refractivity contribution is -0.145. The van der Waals surface area contributed by atoms with Crippen molar-refractivity contribution < 1.29 is 28.2 Å². The molecule has 1 aromatic carbocycles. The molecule has 0 aliphatic heterocycles. The van der Waals surface area contributed by atoms with Crippen LogP contribution in [0.4, 0.5) is 8.78 Å². The maximum atomic E-state index is 12.0. The molecule has 6 heteroatoms. The number of benzene rings is 1. The fourth-order valence-electron chi connectivity index (χ4n) is 1.39. The van der Waals surface area contributed by atoms with Crippen molar-refractivity contribution in [2.24, 2.45) is 0 Å². The summed E-state index contributed by atoms with van der Waals surface area (Å²) in [5.41, 5.74) is 0.321. The van der Waals surface area contributed by atoms with Crippen molar-refractivity contribution in [3.63, 3.8) is 0 Å². The molecular formula is C12H14F2O4. The van der Waals surface area contributed by atoms with E-state index in [1.165, 1.54) is 24.3 Å². The summed E-state index contributed by atoms with van der Waals surface area (Å²) in [4.78, 5) is 11.2. The van der Waals surface area contributed by atoms with Crippen LogP contribution >= 0.6 is 0 Å². The number of hydrogen-bond donors (Lipinski definition) is 1. The van der Waals surface area contributed by atoms with Gasteiger partial charge >= 0.3 is 12.6 Å². The molecule has 1 atom stereocenters. The van der Waals surface area contributed by atoms with Gasteiger partial charge in [-0.2, -0.15) is 8.78 Å². The second-order valence-electron chi connectivity index (χ2n) is 3.48. The third-order valence-corrected chi connectivity index (χ3v) is 2.13. The molecule has 0 amide bonds. The minimum Gasteiger partial charge on any atom is -0.466 e. The topological polar surface area (TPSA) is 55.8 Å². The number of alkyl halides is 2. The monoisotopic (exact) mass is 260 g/mol. The highest BCUT2D eigenvalue weighted by atomic mass is 19.3. The summed E-state index contributed by atoms with van der Waals surface area (Å²) in [6.45, 7) is -1.05. The third kappa shape index (κ3) is 4.67. The van der Waals surface area contributed by atoms with E-state index >= 15 is 0 Å². The highest BCUT2D eigenvalue weighted by Crippen LogP contribution is 2.23. The first kappa shape index (κ1) is 14.4. The van der Waals surface area contributed by atoms with Crippen LogP contribution in [0, 0.1) is 0 Å². The Morgan fingerprint density at radius 2 is 2.17 bits per heavy atom. The number of aliphatic hydroxyl groups excluding tert-OH is 1. The first-order valence-electron chi connectivity index (χ1n) is 5.41. The van der Waals surface area contributed by atoms with Crippen LogP contribution in [-0.4, -0.2) is 24.3 Å². The molecule has 1 rings (SSSR count). The van der Waals surface area contributed by atoms with E-state index in [0.717, 1.165) is 0 Å². The third-order valence-electron chi connectivity index (χ3n) is 2.13. The highest BCUT2D eigenvalue weighted by molar-refractivity contribution is 5.70. The number of aliphatic hydroxyl groups is 1. The largest absolute Gasteiger partial charge is 0.466 e.